The van der Waals surface area contributed by atoms with E-state index in [1.165, 1.54) is 11.3 Å². The van der Waals surface area contributed by atoms with Crippen LogP contribution in [0.2, 0.25) is 0 Å². The SMILES string of the molecule is CC(C)c1c(N)n[nH]c1C1C2COCC21. The lowest BCUT2D eigenvalue weighted by Gasteiger charge is -2.08. The maximum atomic E-state index is 5.88. The zero-order valence-corrected chi connectivity index (χ0v) is 9.16. The molecule has 1 aromatic rings. The maximum Gasteiger partial charge on any atom is 0.148 e. The molecule has 4 nitrogen and oxygen atoms in total. The summed E-state index contributed by atoms with van der Waals surface area (Å²) in [6.45, 7) is 6.15. The molecule has 1 aromatic heterocycles. The highest BCUT2D eigenvalue weighted by Gasteiger charge is 2.56. The van der Waals surface area contributed by atoms with Crippen LogP contribution in [0.15, 0.2) is 0 Å². The van der Waals surface area contributed by atoms with Gasteiger partial charge >= 0.3 is 0 Å². The van der Waals surface area contributed by atoms with E-state index in [-0.39, 0.29) is 0 Å². The van der Waals surface area contributed by atoms with Gasteiger partial charge in [-0.2, -0.15) is 5.10 Å². The highest BCUT2D eigenvalue weighted by Crippen LogP contribution is 2.58. The molecule has 0 radical (unpaired) electrons. The average molecular weight is 207 g/mol. The number of hydrogen-bond acceptors (Lipinski definition) is 3. The first-order valence-corrected chi connectivity index (χ1v) is 5.61. The maximum absolute atomic E-state index is 5.88. The average Bonchev–Trinajstić information content (AvgIpc) is 2.62. The molecule has 0 amide bonds. The first-order valence-electron chi connectivity index (χ1n) is 5.61. The number of hydrogen-bond donors (Lipinski definition) is 2. The Bertz CT molecular complexity index is 375. The predicted octanol–water partition coefficient (Wildman–Crippen LogP) is 1.48. The zero-order valence-electron chi connectivity index (χ0n) is 9.16. The van der Waals surface area contributed by atoms with Crippen molar-refractivity contribution in [1.29, 1.82) is 0 Å². The first-order chi connectivity index (χ1) is 7.20. The van der Waals surface area contributed by atoms with E-state index < -0.39 is 0 Å². The van der Waals surface area contributed by atoms with Crippen LogP contribution < -0.4 is 5.73 Å². The monoisotopic (exact) mass is 207 g/mol. The molecule has 1 aliphatic heterocycles. The third-order valence-corrected chi connectivity index (χ3v) is 3.73. The number of rotatable bonds is 2. The number of H-pyrrole nitrogens is 1. The molecule has 0 aromatic carbocycles. The third kappa shape index (κ3) is 1.21. The van der Waals surface area contributed by atoms with E-state index in [1.54, 1.807) is 0 Å². The van der Waals surface area contributed by atoms with Crippen molar-refractivity contribution in [1.82, 2.24) is 10.2 Å². The Morgan fingerprint density at radius 1 is 1.40 bits per heavy atom. The Labute approximate surface area is 89.2 Å². The predicted molar refractivity (Wildman–Crippen MR) is 57.6 cm³/mol. The molecule has 0 spiro atoms. The molecule has 2 unspecified atom stereocenters. The van der Waals surface area contributed by atoms with Gasteiger partial charge in [0.1, 0.15) is 5.82 Å². The largest absolute Gasteiger partial charge is 0.382 e. The second-order valence-corrected chi connectivity index (χ2v) is 4.98. The van der Waals surface area contributed by atoms with Crippen LogP contribution in [-0.4, -0.2) is 23.4 Å². The van der Waals surface area contributed by atoms with Gasteiger partial charge in [0, 0.05) is 17.2 Å². The Kier molecular flexibility index (Phi) is 1.83. The molecule has 3 rings (SSSR count). The van der Waals surface area contributed by atoms with Crippen LogP contribution in [0.1, 0.15) is 36.9 Å². The fraction of sp³-hybridized carbons (Fsp3) is 0.727. The lowest BCUT2D eigenvalue weighted by Crippen LogP contribution is -2.02. The molecular formula is C11H17N3O. The number of nitrogens with zero attached hydrogens (tertiary/aromatic N) is 1. The van der Waals surface area contributed by atoms with Crippen LogP contribution in [0.3, 0.4) is 0 Å². The quantitative estimate of drug-likeness (QED) is 0.772. The van der Waals surface area contributed by atoms with Crippen molar-refractivity contribution in [2.45, 2.75) is 25.7 Å². The van der Waals surface area contributed by atoms with Crippen LogP contribution in [0.25, 0.3) is 0 Å². The van der Waals surface area contributed by atoms with Gasteiger partial charge in [0.25, 0.3) is 0 Å². The van der Waals surface area contributed by atoms with Crippen LogP contribution in [0, 0.1) is 11.8 Å². The number of anilines is 1. The summed E-state index contributed by atoms with van der Waals surface area (Å²) in [6, 6.07) is 0. The van der Waals surface area contributed by atoms with Gasteiger partial charge in [0.05, 0.1) is 13.2 Å². The molecule has 2 aliphatic rings. The van der Waals surface area contributed by atoms with Crippen LogP contribution >= 0.6 is 0 Å². The van der Waals surface area contributed by atoms with E-state index in [0.29, 0.717) is 29.5 Å². The minimum atomic E-state index is 0.445. The Morgan fingerprint density at radius 3 is 2.67 bits per heavy atom. The number of fused-ring (bicyclic) bond motifs is 1. The Balaban J connectivity index is 1.93. The molecule has 82 valence electrons. The highest BCUT2D eigenvalue weighted by atomic mass is 16.5. The molecule has 3 N–H and O–H groups in total. The number of aromatic amines is 1. The van der Waals surface area contributed by atoms with E-state index in [4.69, 9.17) is 10.5 Å². The summed E-state index contributed by atoms with van der Waals surface area (Å²) in [7, 11) is 0. The van der Waals surface area contributed by atoms with Crippen LogP contribution in [0.5, 0.6) is 0 Å². The Morgan fingerprint density at radius 2 is 2.07 bits per heavy atom. The molecule has 1 aliphatic carbocycles. The summed E-state index contributed by atoms with van der Waals surface area (Å²) >= 11 is 0. The van der Waals surface area contributed by atoms with Gasteiger partial charge in [-0.1, -0.05) is 13.8 Å². The van der Waals surface area contributed by atoms with Gasteiger partial charge in [-0.25, -0.2) is 0 Å². The second kappa shape index (κ2) is 2.98. The lowest BCUT2D eigenvalue weighted by atomic mass is 9.99. The normalized spacial score (nSPS) is 33.4. The third-order valence-electron chi connectivity index (χ3n) is 3.73. The van der Waals surface area contributed by atoms with Gasteiger partial charge in [-0.3, -0.25) is 5.10 Å². The van der Waals surface area contributed by atoms with Crippen molar-refractivity contribution in [2.75, 3.05) is 18.9 Å². The number of nitrogens with one attached hydrogen (secondary N) is 1. The molecule has 15 heavy (non-hydrogen) atoms. The molecule has 2 heterocycles. The van der Waals surface area contributed by atoms with Gasteiger partial charge in [0.15, 0.2) is 0 Å². The molecule has 0 bridgehead atoms. The zero-order chi connectivity index (χ0) is 10.6. The summed E-state index contributed by atoms with van der Waals surface area (Å²) in [5, 5.41) is 7.25. The van der Waals surface area contributed by atoms with Crippen molar-refractivity contribution in [3.05, 3.63) is 11.3 Å². The van der Waals surface area contributed by atoms with Gasteiger partial charge in [0.2, 0.25) is 0 Å². The molecule has 4 heteroatoms. The molecule has 1 saturated carbocycles. The van der Waals surface area contributed by atoms with E-state index in [9.17, 15) is 0 Å². The minimum absolute atomic E-state index is 0.445. The molecule has 2 atom stereocenters. The fourth-order valence-corrected chi connectivity index (χ4v) is 2.91. The number of aromatic nitrogens is 2. The molecule has 1 saturated heterocycles. The van der Waals surface area contributed by atoms with Crippen molar-refractivity contribution in [3.8, 4) is 0 Å². The second-order valence-electron chi connectivity index (χ2n) is 4.98. The minimum Gasteiger partial charge on any atom is -0.382 e. The fourth-order valence-electron chi connectivity index (χ4n) is 2.91. The number of nitrogen functional groups attached to an aromatic ring is 1. The van der Waals surface area contributed by atoms with Gasteiger partial charge in [-0.15, -0.1) is 0 Å². The van der Waals surface area contributed by atoms with Crippen molar-refractivity contribution < 1.29 is 4.74 Å². The number of ether oxygens (including phenoxy) is 1. The highest BCUT2D eigenvalue weighted by molar-refractivity contribution is 5.47. The van der Waals surface area contributed by atoms with Gasteiger partial charge in [-0.05, 0) is 17.8 Å². The van der Waals surface area contributed by atoms with Crippen molar-refractivity contribution in [2.24, 2.45) is 11.8 Å². The standard InChI is InChI=1S/C11H17N3O/c1-5(2)8-10(13-14-11(8)12)9-6-3-15-4-7(6)9/h5-7,9H,3-4H2,1-2H3,(H3,12,13,14). The smallest absolute Gasteiger partial charge is 0.148 e. The van der Waals surface area contributed by atoms with E-state index >= 15 is 0 Å². The van der Waals surface area contributed by atoms with Crippen molar-refractivity contribution >= 4 is 5.82 Å². The topological polar surface area (TPSA) is 63.9 Å². The summed E-state index contributed by atoms with van der Waals surface area (Å²) < 4.78 is 5.40. The summed E-state index contributed by atoms with van der Waals surface area (Å²) in [6.07, 6.45) is 0. The molecular weight excluding hydrogens is 190 g/mol. The number of nitrogens with two attached hydrogens (primary N) is 1. The Hall–Kier alpha value is -1.03. The van der Waals surface area contributed by atoms with E-state index in [2.05, 4.69) is 24.0 Å². The lowest BCUT2D eigenvalue weighted by molar-refractivity contribution is 0.159. The molecule has 2 fully saturated rings. The van der Waals surface area contributed by atoms with E-state index in [1.807, 2.05) is 0 Å². The summed E-state index contributed by atoms with van der Waals surface area (Å²) in [4.78, 5) is 0. The summed E-state index contributed by atoms with van der Waals surface area (Å²) in [5.74, 6) is 3.16. The van der Waals surface area contributed by atoms with E-state index in [0.717, 1.165) is 13.2 Å². The van der Waals surface area contributed by atoms with Gasteiger partial charge < -0.3 is 10.5 Å². The van der Waals surface area contributed by atoms with Crippen LogP contribution in [-0.2, 0) is 4.74 Å². The van der Waals surface area contributed by atoms with Crippen molar-refractivity contribution in [3.63, 3.8) is 0 Å². The summed E-state index contributed by atoms with van der Waals surface area (Å²) in [5.41, 5.74) is 8.37. The van der Waals surface area contributed by atoms with Crippen LogP contribution in [0.4, 0.5) is 5.82 Å². The first kappa shape index (κ1) is 9.21.